The van der Waals surface area contributed by atoms with Crippen molar-refractivity contribution in [2.45, 2.75) is 19.4 Å². The van der Waals surface area contributed by atoms with Gasteiger partial charge in [-0.3, -0.25) is 4.79 Å². The molecule has 0 aliphatic heterocycles. The Labute approximate surface area is 152 Å². The third-order valence-electron chi connectivity index (χ3n) is 4.23. The molecule has 3 aromatic rings. The summed E-state index contributed by atoms with van der Waals surface area (Å²) in [5.41, 5.74) is 2.29. The average Bonchev–Trinajstić information content (AvgIpc) is 3.02. The van der Waals surface area contributed by atoms with Gasteiger partial charge in [-0.25, -0.2) is 4.98 Å². The van der Waals surface area contributed by atoms with Gasteiger partial charge in [-0.2, -0.15) is 0 Å². The van der Waals surface area contributed by atoms with Gasteiger partial charge in [0.05, 0.1) is 17.3 Å². The van der Waals surface area contributed by atoms with Crippen LogP contribution in [-0.2, 0) is 11.3 Å². The number of nitrogens with one attached hydrogen (secondary N) is 2. The standard InChI is InChI=1S/C20H23N3OS/c1-15(16-8-4-3-5-9-16)12-21-19(24)13-23(2)14-20-22-17-10-6-7-11-18(17)25-20/h3-11,15H,12-14H2,1-2H3,(H,21,24)/p+1/t15-/m0/s1. The van der Waals surface area contributed by atoms with Crippen LogP contribution in [0.25, 0.3) is 10.2 Å². The van der Waals surface area contributed by atoms with Crippen molar-refractivity contribution >= 4 is 27.5 Å². The number of benzene rings is 2. The number of hydrogen-bond acceptors (Lipinski definition) is 3. The zero-order valence-corrected chi connectivity index (χ0v) is 15.5. The van der Waals surface area contributed by atoms with Crippen LogP contribution in [0.3, 0.4) is 0 Å². The zero-order valence-electron chi connectivity index (χ0n) is 14.7. The molecule has 25 heavy (non-hydrogen) atoms. The van der Waals surface area contributed by atoms with Crippen molar-refractivity contribution in [1.29, 1.82) is 0 Å². The summed E-state index contributed by atoms with van der Waals surface area (Å²) in [4.78, 5) is 18.0. The minimum Gasteiger partial charge on any atom is -0.351 e. The van der Waals surface area contributed by atoms with Crippen molar-refractivity contribution in [3.05, 3.63) is 65.2 Å². The smallest absolute Gasteiger partial charge is 0.275 e. The molecular weight excluding hydrogens is 330 g/mol. The molecule has 0 radical (unpaired) electrons. The Bertz CT molecular complexity index is 798. The lowest BCUT2D eigenvalue weighted by atomic mass is 10.0. The Kier molecular flexibility index (Phi) is 5.79. The molecule has 2 aromatic carbocycles. The SMILES string of the molecule is C[C@@H](CNC(=O)C[NH+](C)Cc1nc2ccccc2s1)c1ccccc1. The highest BCUT2D eigenvalue weighted by molar-refractivity contribution is 7.18. The van der Waals surface area contributed by atoms with E-state index in [-0.39, 0.29) is 5.91 Å². The minimum atomic E-state index is 0.0846. The number of rotatable bonds is 7. The monoisotopic (exact) mass is 354 g/mol. The number of carbonyl (C=O) groups is 1. The van der Waals surface area contributed by atoms with Crippen molar-refractivity contribution in [3.8, 4) is 0 Å². The summed E-state index contributed by atoms with van der Waals surface area (Å²) in [5, 5.41) is 4.12. The Hall–Kier alpha value is -2.24. The summed E-state index contributed by atoms with van der Waals surface area (Å²) in [6.45, 7) is 4.02. The van der Waals surface area contributed by atoms with Crippen LogP contribution >= 0.6 is 11.3 Å². The van der Waals surface area contributed by atoms with Crippen molar-refractivity contribution < 1.29 is 9.69 Å². The van der Waals surface area contributed by atoms with Crippen LogP contribution in [-0.4, -0.2) is 31.0 Å². The Morgan fingerprint density at radius 2 is 1.88 bits per heavy atom. The zero-order chi connectivity index (χ0) is 17.6. The fourth-order valence-electron chi connectivity index (χ4n) is 2.82. The van der Waals surface area contributed by atoms with Gasteiger partial charge in [-0.15, -0.1) is 11.3 Å². The van der Waals surface area contributed by atoms with Crippen LogP contribution in [0, 0.1) is 0 Å². The quantitative estimate of drug-likeness (QED) is 0.683. The highest BCUT2D eigenvalue weighted by Crippen LogP contribution is 2.20. The van der Waals surface area contributed by atoms with Crippen molar-refractivity contribution in [1.82, 2.24) is 10.3 Å². The number of thiazole rings is 1. The maximum absolute atomic E-state index is 12.2. The highest BCUT2D eigenvalue weighted by atomic mass is 32.1. The molecule has 1 amide bonds. The molecule has 0 saturated heterocycles. The molecular formula is C20H24N3OS+. The van der Waals surface area contributed by atoms with Crippen molar-refractivity contribution in [2.24, 2.45) is 0 Å². The normalized spacial score (nSPS) is 13.5. The lowest BCUT2D eigenvalue weighted by molar-refractivity contribution is -0.885. The number of para-hydroxylation sites is 1. The van der Waals surface area contributed by atoms with Crippen LogP contribution in [0.5, 0.6) is 0 Å². The molecule has 1 unspecified atom stereocenters. The number of aromatic nitrogens is 1. The molecule has 130 valence electrons. The van der Waals surface area contributed by atoms with E-state index in [2.05, 4.69) is 35.4 Å². The summed E-state index contributed by atoms with van der Waals surface area (Å²) in [6.07, 6.45) is 0. The first kappa shape index (κ1) is 17.6. The first-order valence-corrected chi connectivity index (χ1v) is 9.41. The predicted molar refractivity (Wildman–Crippen MR) is 103 cm³/mol. The molecule has 0 fully saturated rings. The fourth-order valence-corrected chi connectivity index (χ4v) is 3.90. The van der Waals surface area contributed by atoms with Crippen LogP contribution in [0.15, 0.2) is 54.6 Å². The van der Waals surface area contributed by atoms with Gasteiger partial charge in [-0.05, 0) is 23.6 Å². The topological polar surface area (TPSA) is 46.4 Å². The molecule has 0 aliphatic rings. The third kappa shape index (κ3) is 4.87. The summed E-state index contributed by atoms with van der Waals surface area (Å²) >= 11 is 1.70. The lowest BCUT2D eigenvalue weighted by Crippen LogP contribution is -3.08. The van der Waals surface area contributed by atoms with E-state index in [0.717, 1.165) is 22.0 Å². The first-order chi connectivity index (χ1) is 12.1. The van der Waals surface area contributed by atoms with Gasteiger partial charge in [-0.1, -0.05) is 49.4 Å². The van der Waals surface area contributed by atoms with E-state index in [1.54, 1.807) is 11.3 Å². The number of likely N-dealkylation sites (N-methyl/N-ethyl adjacent to an activating group) is 1. The molecule has 5 heteroatoms. The summed E-state index contributed by atoms with van der Waals surface area (Å²) in [6, 6.07) is 18.4. The van der Waals surface area contributed by atoms with E-state index in [4.69, 9.17) is 0 Å². The Morgan fingerprint density at radius 1 is 1.16 bits per heavy atom. The van der Waals surface area contributed by atoms with Crippen molar-refractivity contribution in [3.63, 3.8) is 0 Å². The fraction of sp³-hybridized carbons (Fsp3) is 0.300. The molecule has 1 aromatic heterocycles. The second-order valence-electron chi connectivity index (χ2n) is 6.50. The first-order valence-electron chi connectivity index (χ1n) is 8.59. The molecule has 0 spiro atoms. The van der Waals surface area contributed by atoms with E-state index in [1.165, 1.54) is 10.3 Å². The second kappa shape index (κ2) is 8.23. The van der Waals surface area contributed by atoms with Gasteiger partial charge in [0.2, 0.25) is 0 Å². The maximum Gasteiger partial charge on any atom is 0.275 e. The van der Waals surface area contributed by atoms with Crippen LogP contribution < -0.4 is 10.2 Å². The van der Waals surface area contributed by atoms with E-state index < -0.39 is 0 Å². The van der Waals surface area contributed by atoms with Gasteiger partial charge in [0, 0.05) is 6.54 Å². The molecule has 2 N–H and O–H groups in total. The summed E-state index contributed by atoms with van der Waals surface area (Å²) in [5.74, 6) is 0.399. The predicted octanol–water partition coefficient (Wildman–Crippen LogP) is 2.23. The Morgan fingerprint density at radius 3 is 2.64 bits per heavy atom. The summed E-state index contributed by atoms with van der Waals surface area (Å²) < 4.78 is 1.20. The number of nitrogens with zero attached hydrogens (tertiary/aromatic N) is 1. The van der Waals surface area contributed by atoms with E-state index >= 15 is 0 Å². The van der Waals surface area contributed by atoms with Gasteiger partial charge >= 0.3 is 0 Å². The highest BCUT2D eigenvalue weighted by Gasteiger charge is 2.14. The number of quaternary nitrogens is 1. The van der Waals surface area contributed by atoms with Crippen molar-refractivity contribution in [2.75, 3.05) is 20.1 Å². The van der Waals surface area contributed by atoms with E-state index in [1.807, 2.05) is 43.4 Å². The molecule has 4 nitrogen and oxygen atoms in total. The van der Waals surface area contributed by atoms with Gasteiger partial charge in [0.1, 0.15) is 11.6 Å². The van der Waals surface area contributed by atoms with E-state index in [0.29, 0.717) is 19.0 Å². The van der Waals surface area contributed by atoms with Crippen LogP contribution in [0.2, 0.25) is 0 Å². The van der Waals surface area contributed by atoms with Gasteiger partial charge in [0.15, 0.2) is 6.54 Å². The Balaban J connectivity index is 1.47. The van der Waals surface area contributed by atoms with Crippen LogP contribution in [0.4, 0.5) is 0 Å². The molecule has 0 aliphatic carbocycles. The lowest BCUT2D eigenvalue weighted by Gasteiger charge is -2.15. The van der Waals surface area contributed by atoms with Gasteiger partial charge in [0.25, 0.3) is 5.91 Å². The molecule has 3 rings (SSSR count). The number of fused-ring (bicyclic) bond motifs is 1. The molecule has 0 saturated carbocycles. The molecule has 1 heterocycles. The second-order valence-corrected chi connectivity index (χ2v) is 7.62. The van der Waals surface area contributed by atoms with E-state index in [9.17, 15) is 4.79 Å². The van der Waals surface area contributed by atoms with Crippen LogP contribution in [0.1, 0.15) is 23.4 Å². The molecule has 0 bridgehead atoms. The largest absolute Gasteiger partial charge is 0.351 e. The number of amides is 1. The number of carbonyl (C=O) groups excluding carboxylic acids is 1. The summed E-state index contributed by atoms with van der Waals surface area (Å²) in [7, 11) is 2.03. The minimum absolute atomic E-state index is 0.0846. The molecule has 2 atom stereocenters. The van der Waals surface area contributed by atoms with Gasteiger partial charge < -0.3 is 10.2 Å². The maximum atomic E-state index is 12.2. The third-order valence-corrected chi connectivity index (χ3v) is 5.26. The number of hydrogen-bond donors (Lipinski definition) is 2. The average molecular weight is 354 g/mol.